The van der Waals surface area contributed by atoms with Crippen molar-refractivity contribution in [3.05, 3.63) is 83.4 Å². The highest BCUT2D eigenvalue weighted by Crippen LogP contribution is 2.38. The molecule has 2 aromatic heterocycles. The Morgan fingerprint density at radius 1 is 1.08 bits per heavy atom. The third kappa shape index (κ3) is 5.16. The van der Waals surface area contributed by atoms with Crippen molar-refractivity contribution in [1.82, 2.24) is 15.6 Å². The predicted octanol–water partition coefficient (Wildman–Crippen LogP) is 6.28. The number of ether oxygens (including phenoxy) is 1. The fourth-order valence-electron chi connectivity index (χ4n) is 4.33. The Morgan fingerprint density at radius 3 is 2.45 bits per heavy atom. The van der Waals surface area contributed by atoms with Gasteiger partial charge >= 0.3 is 0 Å². The first-order valence-electron chi connectivity index (χ1n) is 12.4. The zero-order chi connectivity index (χ0) is 27.4. The van der Waals surface area contributed by atoms with E-state index in [1.54, 1.807) is 31.4 Å². The van der Waals surface area contributed by atoms with Crippen molar-refractivity contribution in [2.24, 2.45) is 0 Å². The Labute approximate surface area is 220 Å². The number of aromatic nitrogens is 1. The lowest BCUT2D eigenvalue weighted by Crippen LogP contribution is -2.22. The van der Waals surface area contributed by atoms with Crippen LogP contribution in [0.4, 0.5) is 4.39 Å². The molecule has 0 bridgehead atoms. The van der Waals surface area contributed by atoms with Gasteiger partial charge in [0.05, 0.1) is 12.7 Å². The summed E-state index contributed by atoms with van der Waals surface area (Å²) in [6.07, 6.45) is 3.83. The maximum Gasteiger partial charge on any atom is 0.260 e. The van der Waals surface area contributed by atoms with Crippen LogP contribution in [-0.2, 0) is 6.42 Å². The minimum Gasteiger partial charge on any atom is -0.480 e. The topological polar surface area (TPSA) is 93.5 Å². The van der Waals surface area contributed by atoms with Crippen molar-refractivity contribution in [2.75, 3.05) is 14.2 Å². The van der Waals surface area contributed by atoms with Crippen molar-refractivity contribution in [2.45, 2.75) is 33.1 Å². The number of fused-ring (bicyclic) bond motifs is 1. The minimum absolute atomic E-state index is 0.196. The van der Waals surface area contributed by atoms with E-state index in [0.29, 0.717) is 45.5 Å². The number of rotatable bonds is 9. The van der Waals surface area contributed by atoms with E-state index in [-0.39, 0.29) is 29.1 Å². The second-order valence-corrected chi connectivity index (χ2v) is 8.84. The van der Waals surface area contributed by atoms with Gasteiger partial charge in [0, 0.05) is 35.5 Å². The third-order valence-electron chi connectivity index (χ3n) is 6.31. The molecule has 0 aliphatic heterocycles. The second kappa shape index (κ2) is 11.3. The van der Waals surface area contributed by atoms with Gasteiger partial charge < -0.3 is 19.8 Å². The fourth-order valence-corrected chi connectivity index (χ4v) is 4.33. The van der Waals surface area contributed by atoms with Gasteiger partial charge in [-0.3, -0.25) is 9.59 Å². The van der Waals surface area contributed by atoms with Crippen LogP contribution in [0.1, 0.15) is 53.0 Å². The molecule has 0 saturated carbocycles. The average molecular weight is 516 g/mol. The van der Waals surface area contributed by atoms with Gasteiger partial charge in [-0.1, -0.05) is 26.8 Å². The number of nitrogens with zero attached hydrogens (tertiary/aromatic N) is 1. The quantitative estimate of drug-likeness (QED) is 0.274. The molecule has 0 fully saturated rings. The molecule has 2 amide bonds. The van der Waals surface area contributed by atoms with Crippen molar-refractivity contribution in [3.63, 3.8) is 0 Å². The number of hydrogen-bond donors (Lipinski definition) is 2. The number of furan rings is 1. The zero-order valence-corrected chi connectivity index (χ0v) is 21.9. The van der Waals surface area contributed by atoms with E-state index in [1.165, 1.54) is 19.2 Å². The highest BCUT2D eigenvalue weighted by Gasteiger charge is 2.24. The van der Waals surface area contributed by atoms with Crippen LogP contribution in [0.2, 0.25) is 0 Å². The van der Waals surface area contributed by atoms with Crippen LogP contribution in [0.5, 0.6) is 5.88 Å². The summed E-state index contributed by atoms with van der Waals surface area (Å²) in [5.74, 6) is -0.531. The van der Waals surface area contributed by atoms with Gasteiger partial charge in [-0.15, -0.1) is 0 Å². The molecule has 2 N–H and O–H groups in total. The SMILES string of the molecule is C=C(CC)NC(=O)c1cc(-c2cc3c(C(=O)NC)c(-c4ccc(F)cc4)oc3cc2CCC)cnc1OC. The summed E-state index contributed by atoms with van der Waals surface area (Å²) >= 11 is 0. The number of amides is 2. The molecule has 4 aromatic rings. The van der Waals surface area contributed by atoms with E-state index in [2.05, 4.69) is 29.1 Å². The lowest BCUT2D eigenvalue weighted by molar-refractivity contribution is 0.0954. The molecule has 0 spiro atoms. The number of halogens is 1. The number of methoxy groups -OCH3 is 1. The normalized spacial score (nSPS) is 10.9. The first-order valence-corrected chi connectivity index (χ1v) is 12.4. The van der Waals surface area contributed by atoms with Crippen molar-refractivity contribution < 1.29 is 23.1 Å². The van der Waals surface area contributed by atoms with Gasteiger partial charge in [-0.2, -0.15) is 0 Å². The van der Waals surface area contributed by atoms with Crippen LogP contribution < -0.4 is 15.4 Å². The van der Waals surface area contributed by atoms with Gasteiger partial charge in [0.1, 0.15) is 22.7 Å². The molecule has 0 radical (unpaired) electrons. The van der Waals surface area contributed by atoms with Gasteiger partial charge in [0.25, 0.3) is 11.8 Å². The number of nitrogens with one attached hydrogen (secondary N) is 2. The molecule has 0 aliphatic carbocycles. The lowest BCUT2D eigenvalue weighted by Gasteiger charge is -2.14. The number of pyridine rings is 1. The third-order valence-corrected chi connectivity index (χ3v) is 6.31. The van der Waals surface area contributed by atoms with Crippen LogP contribution in [0.3, 0.4) is 0 Å². The summed E-state index contributed by atoms with van der Waals surface area (Å²) in [6, 6.07) is 11.3. The smallest absolute Gasteiger partial charge is 0.260 e. The summed E-state index contributed by atoms with van der Waals surface area (Å²) in [6.45, 7) is 7.82. The Balaban J connectivity index is 1.95. The second-order valence-electron chi connectivity index (χ2n) is 8.84. The number of carbonyl (C=O) groups is 2. The first kappa shape index (κ1) is 26.6. The maximum atomic E-state index is 13.6. The molecule has 7 nitrogen and oxygen atoms in total. The number of hydrogen-bond acceptors (Lipinski definition) is 5. The van der Waals surface area contributed by atoms with Crippen molar-refractivity contribution in [3.8, 4) is 28.3 Å². The highest BCUT2D eigenvalue weighted by molar-refractivity contribution is 6.12. The molecule has 4 rings (SSSR count). The number of aryl methyl sites for hydroxylation is 1. The van der Waals surface area contributed by atoms with Crippen LogP contribution in [0.15, 0.2) is 65.4 Å². The highest BCUT2D eigenvalue weighted by atomic mass is 19.1. The molecule has 196 valence electrons. The minimum atomic E-state index is -0.381. The molecule has 0 atom stereocenters. The van der Waals surface area contributed by atoms with Crippen LogP contribution in [0.25, 0.3) is 33.4 Å². The Morgan fingerprint density at radius 2 is 1.82 bits per heavy atom. The van der Waals surface area contributed by atoms with Crippen LogP contribution >= 0.6 is 0 Å². The summed E-state index contributed by atoms with van der Waals surface area (Å²) in [7, 11) is 3.00. The zero-order valence-electron chi connectivity index (χ0n) is 21.9. The van der Waals surface area contributed by atoms with Crippen molar-refractivity contribution >= 4 is 22.8 Å². The van der Waals surface area contributed by atoms with E-state index in [0.717, 1.165) is 24.0 Å². The van der Waals surface area contributed by atoms with Gasteiger partial charge in [-0.25, -0.2) is 9.37 Å². The molecule has 8 heteroatoms. The molecule has 0 aliphatic rings. The summed E-state index contributed by atoms with van der Waals surface area (Å²) in [5.41, 5.74) is 4.79. The van der Waals surface area contributed by atoms with Crippen LogP contribution in [0, 0.1) is 5.82 Å². The van der Waals surface area contributed by atoms with E-state index >= 15 is 0 Å². The predicted molar refractivity (Wildman–Crippen MR) is 146 cm³/mol. The summed E-state index contributed by atoms with van der Waals surface area (Å²) in [5, 5.41) is 6.05. The molecule has 2 aromatic carbocycles. The Bertz CT molecular complexity index is 1520. The Hall–Kier alpha value is -4.46. The van der Waals surface area contributed by atoms with Gasteiger partial charge in [0.15, 0.2) is 0 Å². The summed E-state index contributed by atoms with van der Waals surface area (Å²) < 4.78 is 25.1. The Kier molecular flexibility index (Phi) is 7.90. The van der Waals surface area contributed by atoms with E-state index < -0.39 is 0 Å². The monoisotopic (exact) mass is 515 g/mol. The van der Waals surface area contributed by atoms with Crippen molar-refractivity contribution in [1.29, 1.82) is 0 Å². The lowest BCUT2D eigenvalue weighted by atomic mass is 9.93. The molecule has 38 heavy (non-hydrogen) atoms. The molecule has 2 heterocycles. The van der Waals surface area contributed by atoms with E-state index in [1.807, 2.05) is 19.1 Å². The van der Waals surface area contributed by atoms with Gasteiger partial charge in [0.2, 0.25) is 5.88 Å². The molecule has 0 unspecified atom stereocenters. The summed E-state index contributed by atoms with van der Waals surface area (Å²) in [4.78, 5) is 30.4. The largest absolute Gasteiger partial charge is 0.480 e. The van der Waals surface area contributed by atoms with Crippen LogP contribution in [-0.4, -0.2) is 31.0 Å². The molecular formula is C30H30FN3O4. The average Bonchev–Trinajstić information content (AvgIpc) is 3.30. The number of carbonyl (C=O) groups excluding carboxylic acids is 2. The number of allylic oxidation sites excluding steroid dienone is 1. The number of benzene rings is 2. The van der Waals surface area contributed by atoms with E-state index in [4.69, 9.17) is 9.15 Å². The molecule has 0 saturated heterocycles. The fraction of sp³-hybridized carbons (Fsp3) is 0.233. The first-order chi connectivity index (χ1) is 18.3. The molecular weight excluding hydrogens is 485 g/mol. The van der Waals surface area contributed by atoms with Gasteiger partial charge in [-0.05, 0) is 66.4 Å². The standard InChI is InChI=1S/C30H30FN3O4/c1-6-8-19-14-25-23(26(29(36)32-4)27(38-25)18-9-11-21(31)12-10-18)15-22(19)20-13-24(30(37-5)33-16-20)28(35)34-17(3)7-2/h9-16H,3,6-8H2,1-2,4-5H3,(H,32,36)(H,34,35). The maximum absolute atomic E-state index is 13.6. The van der Waals surface area contributed by atoms with E-state index in [9.17, 15) is 14.0 Å².